The van der Waals surface area contributed by atoms with Gasteiger partial charge in [-0.1, -0.05) is 11.6 Å². The summed E-state index contributed by atoms with van der Waals surface area (Å²) in [4.78, 5) is 13.8. The smallest absolute Gasteiger partial charge is 0.258 e. The second kappa shape index (κ2) is 6.48. The minimum absolute atomic E-state index is 0.100. The lowest BCUT2D eigenvalue weighted by Gasteiger charge is -2.07. The fraction of sp³-hybridized carbons (Fsp3) is 0.182. The molecule has 0 spiro atoms. The van der Waals surface area contributed by atoms with E-state index in [1.54, 1.807) is 10.9 Å². The molecule has 0 radical (unpaired) electrons. The zero-order valence-corrected chi connectivity index (χ0v) is 12.9. The molecule has 0 bridgehead atoms. The van der Waals surface area contributed by atoms with Crippen LogP contribution in [-0.2, 0) is 16.4 Å². The number of nitro benzene ring substituents is 1. The fourth-order valence-corrected chi connectivity index (χ4v) is 3.55. The molecule has 10 heteroatoms. The van der Waals surface area contributed by atoms with Gasteiger partial charge in [-0.3, -0.25) is 10.1 Å². The molecule has 0 fully saturated rings. The molecule has 1 heterocycles. The predicted octanol–water partition coefficient (Wildman–Crippen LogP) is 2.23. The van der Waals surface area contributed by atoms with Crippen molar-refractivity contribution >= 4 is 38.6 Å². The van der Waals surface area contributed by atoms with E-state index in [2.05, 4.69) is 9.71 Å². The Morgan fingerprint density at radius 3 is 2.81 bits per heavy atom. The minimum Gasteiger partial charge on any atom is -0.258 e. The van der Waals surface area contributed by atoms with E-state index in [0.717, 1.165) is 17.8 Å². The highest BCUT2D eigenvalue weighted by molar-refractivity contribution is 7.89. The number of nitrogens with one attached hydrogen (secondary N) is 1. The van der Waals surface area contributed by atoms with Crippen LogP contribution in [0.15, 0.2) is 34.0 Å². The molecule has 7 nitrogen and oxygen atoms in total. The van der Waals surface area contributed by atoms with Crippen LogP contribution in [0.1, 0.15) is 5.69 Å². The molecule has 0 atom stereocenters. The summed E-state index contributed by atoms with van der Waals surface area (Å²) >= 11 is 7.07. The van der Waals surface area contributed by atoms with Crippen molar-refractivity contribution in [3.63, 3.8) is 0 Å². The number of rotatable bonds is 6. The Balaban J connectivity index is 2.17. The standard InChI is InChI=1S/C11H10ClN3O4S2/c12-8-1-2-11(10(5-8)15(16)17)21(18,19)14-4-3-9-6-20-7-13-9/h1-2,5-7,14H,3-4H2. The van der Waals surface area contributed by atoms with E-state index in [0.29, 0.717) is 6.42 Å². The molecule has 21 heavy (non-hydrogen) atoms. The van der Waals surface area contributed by atoms with Crippen LogP contribution in [0.25, 0.3) is 0 Å². The van der Waals surface area contributed by atoms with Crippen molar-refractivity contribution < 1.29 is 13.3 Å². The number of nitrogens with zero attached hydrogens (tertiary/aromatic N) is 2. The summed E-state index contributed by atoms with van der Waals surface area (Å²) < 4.78 is 26.6. The lowest BCUT2D eigenvalue weighted by Crippen LogP contribution is -2.26. The van der Waals surface area contributed by atoms with Gasteiger partial charge in [-0.25, -0.2) is 18.1 Å². The average Bonchev–Trinajstić information content (AvgIpc) is 2.91. The van der Waals surface area contributed by atoms with Gasteiger partial charge in [0.2, 0.25) is 10.0 Å². The second-order valence-electron chi connectivity index (χ2n) is 4.00. The molecule has 2 aromatic rings. The molecule has 0 aliphatic rings. The van der Waals surface area contributed by atoms with E-state index in [1.807, 2.05) is 0 Å². The maximum Gasteiger partial charge on any atom is 0.290 e. The zero-order chi connectivity index (χ0) is 15.5. The summed E-state index contributed by atoms with van der Waals surface area (Å²) in [6, 6.07) is 3.42. The van der Waals surface area contributed by atoms with E-state index in [-0.39, 0.29) is 11.6 Å². The van der Waals surface area contributed by atoms with Crippen molar-refractivity contribution in [2.45, 2.75) is 11.3 Å². The number of nitro groups is 1. The number of hydrogen-bond donors (Lipinski definition) is 1. The van der Waals surface area contributed by atoms with Crippen molar-refractivity contribution in [2.75, 3.05) is 6.54 Å². The van der Waals surface area contributed by atoms with Gasteiger partial charge in [0, 0.05) is 29.4 Å². The number of halogens is 1. The van der Waals surface area contributed by atoms with Crippen molar-refractivity contribution in [1.29, 1.82) is 0 Å². The molecule has 1 aromatic carbocycles. The van der Waals surface area contributed by atoms with Gasteiger partial charge in [0.1, 0.15) is 0 Å². The van der Waals surface area contributed by atoms with Crippen LogP contribution in [0, 0.1) is 10.1 Å². The van der Waals surface area contributed by atoms with Gasteiger partial charge >= 0.3 is 0 Å². The van der Waals surface area contributed by atoms with Crippen LogP contribution in [0.4, 0.5) is 5.69 Å². The van der Waals surface area contributed by atoms with E-state index in [1.165, 1.54) is 17.4 Å². The number of thiazole rings is 1. The van der Waals surface area contributed by atoms with E-state index in [4.69, 9.17) is 11.6 Å². The maximum absolute atomic E-state index is 12.1. The molecule has 0 aliphatic carbocycles. The molecule has 0 saturated heterocycles. The monoisotopic (exact) mass is 347 g/mol. The number of benzene rings is 1. The molecule has 0 amide bonds. The average molecular weight is 348 g/mol. The summed E-state index contributed by atoms with van der Waals surface area (Å²) in [5, 5.41) is 12.8. The van der Waals surface area contributed by atoms with E-state index in [9.17, 15) is 18.5 Å². The third-order valence-corrected chi connectivity index (χ3v) is 4.94. The van der Waals surface area contributed by atoms with Gasteiger partial charge in [0.25, 0.3) is 5.69 Å². The lowest BCUT2D eigenvalue weighted by atomic mass is 10.3. The molecule has 112 valence electrons. The molecule has 1 N–H and O–H groups in total. The van der Waals surface area contributed by atoms with Gasteiger partial charge in [-0.2, -0.15) is 0 Å². The molecule has 0 aliphatic heterocycles. The molecule has 0 unspecified atom stereocenters. The number of hydrogen-bond acceptors (Lipinski definition) is 6. The van der Waals surface area contributed by atoms with E-state index >= 15 is 0 Å². The topological polar surface area (TPSA) is 102 Å². The van der Waals surface area contributed by atoms with Crippen molar-refractivity contribution in [3.8, 4) is 0 Å². The van der Waals surface area contributed by atoms with Gasteiger partial charge in [-0.15, -0.1) is 11.3 Å². The SMILES string of the molecule is O=[N+]([O-])c1cc(Cl)ccc1S(=O)(=O)NCCc1cscn1. The third-order valence-electron chi connectivity index (χ3n) is 2.56. The normalized spacial score (nSPS) is 11.5. The lowest BCUT2D eigenvalue weighted by molar-refractivity contribution is -0.387. The molecule has 2 rings (SSSR count). The highest BCUT2D eigenvalue weighted by Crippen LogP contribution is 2.26. The molecular weight excluding hydrogens is 338 g/mol. The van der Waals surface area contributed by atoms with Crippen molar-refractivity contribution in [1.82, 2.24) is 9.71 Å². The zero-order valence-electron chi connectivity index (χ0n) is 10.5. The van der Waals surface area contributed by atoms with Gasteiger partial charge in [0.15, 0.2) is 4.90 Å². The van der Waals surface area contributed by atoms with Gasteiger partial charge in [-0.05, 0) is 12.1 Å². The highest BCUT2D eigenvalue weighted by Gasteiger charge is 2.25. The van der Waals surface area contributed by atoms with Crippen LogP contribution >= 0.6 is 22.9 Å². The number of sulfonamides is 1. The maximum atomic E-state index is 12.1. The van der Waals surface area contributed by atoms with Crippen LogP contribution < -0.4 is 4.72 Å². The first-order valence-electron chi connectivity index (χ1n) is 5.71. The quantitative estimate of drug-likeness (QED) is 0.637. The summed E-state index contributed by atoms with van der Waals surface area (Å²) in [6.45, 7) is 0.103. The van der Waals surface area contributed by atoms with Crippen molar-refractivity contribution in [2.24, 2.45) is 0 Å². The highest BCUT2D eigenvalue weighted by atomic mass is 35.5. The Bertz CT molecular complexity index is 747. The third kappa shape index (κ3) is 3.97. The minimum atomic E-state index is -3.98. The van der Waals surface area contributed by atoms with Crippen LogP contribution in [0.3, 0.4) is 0 Å². The summed E-state index contributed by atoms with van der Waals surface area (Å²) in [6.07, 6.45) is 0.407. The Morgan fingerprint density at radius 1 is 1.43 bits per heavy atom. The van der Waals surface area contributed by atoms with Gasteiger partial charge in [0.05, 0.1) is 16.1 Å². The first-order valence-corrected chi connectivity index (χ1v) is 8.51. The molecule has 1 aromatic heterocycles. The summed E-state index contributed by atoms with van der Waals surface area (Å²) in [7, 11) is -3.98. The van der Waals surface area contributed by atoms with Crippen molar-refractivity contribution in [3.05, 3.63) is 49.9 Å². The largest absolute Gasteiger partial charge is 0.290 e. The first kappa shape index (κ1) is 15.8. The Morgan fingerprint density at radius 2 is 2.19 bits per heavy atom. The number of aromatic nitrogens is 1. The summed E-state index contributed by atoms with van der Waals surface area (Å²) in [5.41, 5.74) is 1.85. The van der Waals surface area contributed by atoms with Crippen LogP contribution in [0.2, 0.25) is 5.02 Å². The van der Waals surface area contributed by atoms with Crippen LogP contribution in [0.5, 0.6) is 0 Å². The van der Waals surface area contributed by atoms with E-state index < -0.39 is 25.5 Å². The first-order chi connectivity index (χ1) is 9.90. The van der Waals surface area contributed by atoms with Gasteiger partial charge < -0.3 is 0 Å². The second-order valence-corrected chi connectivity index (χ2v) is 6.89. The Kier molecular flexibility index (Phi) is 4.88. The van der Waals surface area contributed by atoms with Crippen LogP contribution in [-0.4, -0.2) is 24.9 Å². The Labute approximate surface area is 129 Å². The Hall–Kier alpha value is -1.55. The summed E-state index contributed by atoms with van der Waals surface area (Å²) in [5.74, 6) is 0. The predicted molar refractivity (Wildman–Crippen MR) is 79.1 cm³/mol. The molecule has 0 saturated carbocycles. The molecular formula is C11H10ClN3O4S2. The fourth-order valence-electron chi connectivity index (χ4n) is 1.61.